The van der Waals surface area contributed by atoms with Crippen molar-refractivity contribution in [2.45, 2.75) is 6.42 Å². The Morgan fingerprint density at radius 2 is 1.96 bits per heavy atom. The molecule has 3 heterocycles. The van der Waals surface area contributed by atoms with Crippen molar-refractivity contribution < 1.29 is 9.84 Å². The lowest BCUT2D eigenvalue weighted by molar-refractivity contribution is 0.0268. The van der Waals surface area contributed by atoms with E-state index >= 15 is 0 Å². The van der Waals surface area contributed by atoms with Crippen LogP contribution in [0.2, 0.25) is 0 Å². The zero-order valence-electron chi connectivity index (χ0n) is 14.8. The fraction of sp³-hybridized carbons (Fsp3) is 0.765. The van der Waals surface area contributed by atoms with Crippen LogP contribution in [0.1, 0.15) is 6.42 Å². The second-order valence-corrected chi connectivity index (χ2v) is 7.10. The van der Waals surface area contributed by atoms with Gasteiger partial charge in [0.25, 0.3) is 0 Å². The van der Waals surface area contributed by atoms with Gasteiger partial charge in [0.05, 0.1) is 13.2 Å². The Labute approximate surface area is 144 Å². The van der Waals surface area contributed by atoms with Crippen LogP contribution in [0.25, 0.3) is 0 Å². The molecule has 0 amide bonds. The molecular formula is C17H29N5O2. The summed E-state index contributed by atoms with van der Waals surface area (Å²) in [5.74, 6) is 2.73. The molecule has 0 spiro atoms. The predicted molar refractivity (Wildman–Crippen MR) is 94.5 cm³/mol. The minimum atomic E-state index is 0.238. The second-order valence-electron chi connectivity index (χ2n) is 7.10. The largest absolute Gasteiger partial charge is 0.396 e. The summed E-state index contributed by atoms with van der Waals surface area (Å²) in [6.45, 7) is 6.84. The van der Waals surface area contributed by atoms with Crippen molar-refractivity contribution in [3.63, 3.8) is 0 Å². The molecule has 134 valence electrons. The van der Waals surface area contributed by atoms with Crippen molar-refractivity contribution >= 4 is 11.6 Å². The van der Waals surface area contributed by atoms with E-state index < -0.39 is 0 Å². The summed E-state index contributed by atoms with van der Waals surface area (Å²) in [5.41, 5.74) is 0. The van der Waals surface area contributed by atoms with E-state index in [1.165, 1.54) is 0 Å². The molecule has 7 nitrogen and oxygen atoms in total. The maximum Gasteiger partial charge on any atom is 0.134 e. The van der Waals surface area contributed by atoms with Gasteiger partial charge in [0.1, 0.15) is 18.0 Å². The van der Waals surface area contributed by atoms with E-state index in [4.69, 9.17) is 4.74 Å². The number of piperidine rings is 1. The second kappa shape index (κ2) is 8.09. The molecule has 2 atom stereocenters. The van der Waals surface area contributed by atoms with Crippen LogP contribution in [0.5, 0.6) is 0 Å². The quantitative estimate of drug-likeness (QED) is 0.831. The first kappa shape index (κ1) is 17.4. The maximum absolute atomic E-state index is 9.72. The van der Waals surface area contributed by atoms with Gasteiger partial charge in [-0.25, -0.2) is 9.97 Å². The molecule has 1 aromatic rings. The standard InChI is InChI=1S/C17H29N5O2/c1-20(2)16-8-17(19-13-18-16)22-10-14(7-15(11-22)12-23)9-21-3-5-24-6-4-21/h8,13-15,23H,3-7,9-12H2,1-2H3/t14-,15+/m1/s1. The van der Waals surface area contributed by atoms with Crippen LogP contribution in [0.15, 0.2) is 12.4 Å². The molecule has 0 saturated carbocycles. The van der Waals surface area contributed by atoms with Crippen LogP contribution in [-0.2, 0) is 4.74 Å². The molecule has 0 unspecified atom stereocenters. The molecule has 1 aromatic heterocycles. The van der Waals surface area contributed by atoms with E-state index in [1.54, 1.807) is 6.33 Å². The number of ether oxygens (including phenoxy) is 1. The molecule has 0 radical (unpaired) electrons. The van der Waals surface area contributed by atoms with E-state index in [-0.39, 0.29) is 6.61 Å². The number of aromatic nitrogens is 2. The Hall–Kier alpha value is -1.44. The predicted octanol–water partition coefficient (Wildman–Crippen LogP) is 0.310. The lowest BCUT2D eigenvalue weighted by Gasteiger charge is -2.40. The van der Waals surface area contributed by atoms with Crippen molar-refractivity contribution in [3.05, 3.63) is 12.4 Å². The molecule has 3 rings (SSSR count). The van der Waals surface area contributed by atoms with E-state index in [2.05, 4.69) is 19.8 Å². The van der Waals surface area contributed by atoms with Gasteiger partial charge in [-0.3, -0.25) is 4.90 Å². The summed E-state index contributed by atoms with van der Waals surface area (Å²) in [6.07, 6.45) is 2.71. The summed E-state index contributed by atoms with van der Waals surface area (Å²) in [7, 11) is 3.97. The summed E-state index contributed by atoms with van der Waals surface area (Å²) >= 11 is 0. The van der Waals surface area contributed by atoms with Crippen LogP contribution < -0.4 is 9.80 Å². The fourth-order valence-corrected chi connectivity index (χ4v) is 3.67. The normalized spacial score (nSPS) is 25.7. The molecule has 0 aromatic carbocycles. The maximum atomic E-state index is 9.72. The van der Waals surface area contributed by atoms with Crippen molar-refractivity contribution in [1.82, 2.24) is 14.9 Å². The van der Waals surface area contributed by atoms with Gasteiger partial charge in [-0.05, 0) is 18.3 Å². The van der Waals surface area contributed by atoms with Crippen LogP contribution in [-0.4, -0.2) is 86.6 Å². The Balaban J connectivity index is 1.69. The number of hydrogen-bond acceptors (Lipinski definition) is 7. The first-order chi connectivity index (χ1) is 11.7. The first-order valence-electron chi connectivity index (χ1n) is 8.81. The number of hydrogen-bond donors (Lipinski definition) is 1. The average molecular weight is 335 g/mol. The van der Waals surface area contributed by atoms with Crippen LogP contribution in [0.3, 0.4) is 0 Å². The van der Waals surface area contributed by atoms with Gasteiger partial charge in [-0.2, -0.15) is 0 Å². The molecular weight excluding hydrogens is 306 g/mol. The monoisotopic (exact) mass is 335 g/mol. The number of morpholine rings is 1. The van der Waals surface area contributed by atoms with Gasteiger partial charge < -0.3 is 19.6 Å². The molecule has 1 N–H and O–H groups in total. The fourth-order valence-electron chi connectivity index (χ4n) is 3.67. The number of rotatable bonds is 5. The summed E-state index contributed by atoms with van der Waals surface area (Å²) in [5, 5.41) is 9.72. The topological polar surface area (TPSA) is 65.0 Å². The van der Waals surface area contributed by atoms with Gasteiger partial charge in [-0.15, -0.1) is 0 Å². The summed E-state index contributed by atoms with van der Waals surface area (Å²) < 4.78 is 5.44. The molecule has 7 heteroatoms. The van der Waals surface area contributed by atoms with Gasteiger partial charge in [-0.1, -0.05) is 0 Å². The number of nitrogens with zero attached hydrogens (tertiary/aromatic N) is 5. The van der Waals surface area contributed by atoms with E-state index in [0.29, 0.717) is 11.8 Å². The lowest BCUT2D eigenvalue weighted by Crippen LogP contribution is -2.48. The highest BCUT2D eigenvalue weighted by atomic mass is 16.5. The zero-order valence-corrected chi connectivity index (χ0v) is 14.8. The summed E-state index contributed by atoms with van der Waals surface area (Å²) in [4.78, 5) is 15.6. The highest BCUT2D eigenvalue weighted by Crippen LogP contribution is 2.27. The van der Waals surface area contributed by atoms with Crippen LogP contribution in [0, 0.1) is 11.8 Å². The molecule has 0 bridgehead atoms. The van der Waals surface area contributed by atoms with Gasteiger partial charge in [0.15, 0.2) is 0 Å². The third kappa shape index (κ3) is 4.34. The number of aliphatic hydroxyl groups excluding tert-OH is 1. The number of aliphatic hydroxyl groups is 1. The van der Waals surface area contributed by atoms with Crippen molar-refractivity contribution in [1.29, 1.82) is 0 Å². The van der Waals surface area contributed by atoms with Crippen molar-refractivity contribution in [2.75, 3.05) is 76.4 Å². The van der Waals surface area contributed by atoms with E-state index in [1.807, 2.05) is 25.1 Å². The molecule has 24 heavy (non-hydrogen) atoms. The van der Waals surface area contributed by atoms with E-state index in [9.17, 15) is 5.11 Å². The van der Waals surface area contributed by atoms with Crippen LogP contribution in [0.4, 0.5) is 11.6 Å². The van der Waals surface area contributed by atoms with Gasteiger partial charge in [0, 0.05) is 59.5 Å². The smallest absolute Gasteiger partial charge is 0.134 e. The Bertz CT molecular complexity index is 521. The molecule has 0 aliphatic carbocycles. The molecule has 2 saturated heterocycles. The minimum absolute atomic E-state index is 0.238. The van der Waals surface area contributed by atoms with E-state index in [0.717, 1.165) is 64.0 Å². The van der Waals surface area contributed by atoms with Crippen LogP contribution >= 0.6 is 0 Å². The van der Waals surface area contributed by atoms with Gasteiger partial charge in [0.2, 0.25) is 0 Å². The van der Waals surface area contributed by atoms with Crippen molar-refractivity contribution in [3.8, 4) is 0 Å². The van der Waals surface area contributed by atoms with Crippen molar-refractivity contribution in [2.24, 2.45) is 11.8 Å². The van der Waals surface area contributed by atoms with Gasteiger partial charge >= 0.3 is 0 Å². The minimum Gasteiger partial charge on any atom is -0.396 e. The first-order valence-corrected chi connectivity index (χ1v) is 8.81. The SMILES string of the molecule is CN(C)c1cc(N2C[C@@H](CN3CCOCC3)C[C@H](CO)C2)ncn1. The average Bonchev–Trinajstić information content (AvgIpc) is 2.62. The molecule has 2 aliphatic rings. The Kier molecular flexibility index (Phi) is 5.86. The lowest BCUT2D eigenvalue weighted by atomic mass is 9.89. The third-order valence-electron chi connectivity index (χ3n) is 4.92. The highest BCUT2D eigenvalue weighted by molar-refractivity contribution is 5.49. The third-order valence-corrected chi connectivity index (χ3v) is 4.92. The molecule has 2 fully saturated rings. The molecule has 2 aliphatic heterocycles. The number of anilines is 2. The Morgan fingerprint density at radius 3 is 2.67 bits per heavy atom. The highest BCUT2D eigenvalue weighted by Gasteiger charge is 2.29. The summed E-state index contributed by atoms with van der Waals surface area (Å²) in [6, 6.07) is 2.03. The zero-order chi connectivity index (χ0) is 16.9. The Morgan fingerprint density at radius 1 is 1.21 bits per heavy atom.